The average Bonchev–Trinajstić information content (AvgIpc) is 3.35. The zero-order chi connectivity index (χ0) is 25.8. The molecule has 1 atom stereocenters. The summed E-state index contributed by atoms with van der Waals surface area (Å²) in [4.78, 5) is 31.7. The van der Waals surface area contributed by atoms with Gasteiger partial charge in [0.2, 0.25) is 15.3 Å². The molecule has 188 valence electrons. The monoisotopic (exact) mass is 568 g/mol. The van der Waals surface area contributed by atoms with Gasteiger partial charge in [0.1, 0.15) is 17.3 Å². The summed E-state index contributed by atoms with van der Waals surface area (Å²) >= 11 is 1.93. The van der Waals surface area contributed by atoms with Crippen molar-refractivity contribution in [1.29, 1.82) is 0 Å². The Hall–Kier alpha value is -3.21. The first kappa shape index (κ1) is 24.5. The normalized spacial score (nSPS) is 18.4. The number of carbonyl (C=O) groups excluding carboxylic acids is 2. The van der Waals surface area contributed by atoms with Crippen molar-refractivity contribution >= 4 is 81.0 Å². The molecule has 16 heteroatoms. The smallest absolute Gasteiger partial charge is 0.274 e. The van der Waals surface area contributed by atoms with Crippen LogP contribution >= 0.6 is 23.1 Å². The standard InChI is InChI=1S/C20H16N4O8S4/c1-31-10-3-5-12-15(7-10)33-19(21-12)22-35(27,28)9-14(25)17-18(26)24-13-6-4-11(32-2)8-16(13)34-20(24)23-36(17,29)30/h3-8,17H,9H2,1-2H3,(H,21,22). The van der Waals surface area contributed by atoms with Crippen molar-refractivity contribution in [3.8, 4) is 11.5 Å². The van der Waals surface area contributed by atoms with Crippen LogP contribution in [0.4, 0.5) is 10.8 Å². The van der Waals surface area contributed by atoms with E-state index in [1.54, 1.807) is 30.3 Å². The maximum atomic E-state index is 13.2. The Balaban J connectivity index is 1.39. The number of rotatable bonds is 7. The Morgan fingerprint density at radius 1 is 1.14 bits per heavy atom. The van der Waals surface area contributed by atoms with Crippen molar-refractivity contribution in [1.82, 2.24) is 4.98 Å². The molecule has 1 amide bonds. The van der Waals surface area contributed by atoms with Crippen LogP contribution < -0.4 is 19.1 Å². The topological polar surface area (TPSA) is 161 Å². The minimum Gasteiger partial charge on any atom is -0.497 e. The first-order valence-electron chi connectivity index (χ1n) is 10.0. The third kappa shape index (κ3) is 4.29. The number of fused-ring (bicyclic) bond motifs is 4. The van der Waals surface area contributed by atoms with E-state index in [0.717, 1.165) is 28.0 Å². The predicted molar refractivity (Wildman–Crippen MR) is 135 cm³/mol. The highest BCUT2D eigenvalue weighted by Gasteiger charge is 2.51. The lowest BCUT2D eigenvalue weighted by molar-refractivity contribution is -0.124. The lowest BCUT2D eigenvalue weighted by Crippen LogP contribution is -2.53. The second-order valence-electron chi connectivity index (χ2n) is 7.56. The number of sulfonamides is 2. The number of ether oxygens (including phenoxy) is 2. The molecule has 0 radical (unpaired) electrons. The van der Waals surface area contributed by atoms with Gasteiger partial charge in [0.05, 0.1) is 30.1 Å². The number of anilines is 2. The zero-order valence-electron chi connectivity index (χ0n) is 18.5. The molecule has 0 fully saturated rings. The van der Waals surface area contributed by atoms with Gasteiger partial charge in [0.25, 0.3) is 15.9 Å². The van der Waals surface area contributed by atoms with Crippen LogP contribution in [0.2, 0.25) is 0 Å². The fourth-order valence-corrected chi connectivity index (χ4v) is 8.51. The summed E-state index contributed by atoms with van der Waals surface area (Å²) in [6, 6.07) is 9.65. The Morgan fingerprint density at radius 2 is 1.83 bits per heavy atom. The Labute approximate surface area is 213 Å². The number of ketones is 1. The number of nitrogens with one attached hydrogen (secondary N) is 1. The van der Waals surface area contributed by atoms with Gasteiger partial charge in [-0.15, -0.1) is 4.40 Å². The Kier molecular flexibility index (Phi) is 5.93. The first-order valence-corrected chi connectivity index (χ1v) is 14.8. The van der Waals surface area contributed by atoms with Crippen LogP contribution in [-0.2, 0) is 29.6 Å². The van der Waals surface area contributed by atoms with E-state index < -0.39 is 42.7 Å². The lowest BCUT2D eigenvalue weighted by atomic mass is 10.2. The van der Waals surface area contributed by atoms with Crippen molar-refractivity contribution < 1.29 is 35.9 Å². The quantitative estimate of drug-likeness (QED) is 0.416. The number of benzene rings is 2. The molecule has 2 aliphatic heterocycles. The second-order valence-corrected chi connectivity index (χ2v) is 13.0. The molecule has 3 aromatic rings. The van der Waals surface area contributed by atoms with Crippen LogP contribution in [0.5, 0.6) is 11.5 Å². The summed E-state index contributed by atoms with van der Waals surface area (Å²) in [5.74, 6) is -2.65. The molecular formula is C20H16N4O8S4. The number of methoxy groups -OCH3 is 2. The van der Waals surface area contributed by atoms with E-state index in [9.17, 15) is 26.4 Å². The SMILES string of the molecule is COc1ccc2c(c1)SC1=NS(=O)(=O)C(C(=O)CS(=O)(=O)Nc3nc4ccc(OC)cc4s3)C(=O)N12. The number of hydrogen-bond acceptors (Lipinski definition) is 11. The summed E-state index contributed by atoms with van der Waals surface area (Å²) in [6.45, 7) is 0. The molecule has 2 aliphatic rings. The number of thioether (sulfide) groups is 1. The molecule has 0 aliphatic carbocycles. The number of aromatic nitrogens is 1. The third-order valence-corrected chi connectivity index (χ3v) is 10.0. The number of thiazole rings is 1. The van der Waals surface area contributed by atoms with Crippen molar-refractivity contribution in [2.45, 2.75) is 10.1 Å². The van der Waals surface area contributed by atoms with Gasteiger partial charge in [-0.2, -0.15) is 0 Å². The molecule has 0 saturated heterocycles. The molecule has 36 heavy (non-hydrogen) atoms. The van der Waals surface area contributed by atoms with Crippen LogP contribution in [-0.4, -0.2) is 63.9 Å². The van der Waals surface area contributed by atoms with Gasteiger partial charge in [-0.1, -0.05) is 11.3 Å². The number of hydrogen-bond donors (Lipinski definition) is 1. The predicted octanol–water partition coefficient (Wildman–Crippen LogP) is 1.83. The molecule has 1 aromatic heterocycles. The number of Topliss-reactive ketones (excluding diaryl/α,β-unsaturated/α-hetero) is 1. The van der Waals surface area contributed by atoms with E-state index >= 15 is 0 Å². The molecule has 1 unspecified atom stereocenters. The van der Waals surface area contributed by atoms with Crippen molar-refractivity contribution in [2.75, 3.05) is 29.6 Å². The third-order valence-electron chi connectivity index (χ3n) is 5.21. The van der Waals surface area contributed by atoms with Crippen molar-refractivity contribution in [2.24, 2.45) is 4.40 Å². The Morgan fingerprint density at radius 3 is 2.56 bits per heavy atom. The molecule has 0 spiro atoms. The number of amides is 1. The van der Waals surface area contributed by atoms with E-state index in [2.05, 4.69) is 14.1 Å². The van der Waals surface area contributed by atoms with E-state index in [4.69, 9.17) is 9.47 Å². The molecule has 12 nitrogen and oxygen atoms in total. The van der Waals surface area contributed by atoms with Gasteiger partial charge < -0.3 is 9.47 Å². The van der Waals surface area contributed by atoms with E-state index in [0.29, 0.717) is 32.3 Å². The van der Waals surface area contributed by atoms with Crippen LogP contribution in [0.15, 0.2) is 45.7 Å². The number of carbonyl (C=O) groups is 2. The summed E-state index contributed by atoms with van der Waals surface area (Å²) < 4.78 is 67.6. The molecule has 3 heterocycles. The molecule has 1 N–H and O–H groups in total. The number of nitrogens with zero attached hydrogens (tertiary/aromatic N) is 3. The minimum absolute atomic E-state index is 0.0250. The number of amidine groups is 1. The summed E-state index contributed by atoms with van der Waals surface area (Å²) in [6.07, 6.45) is 0. The van der Waals surface area contributed by atoms with Crippen LogP contribution in [0, 0.1) is 0 Å². The largest absolute Gasteiger partial charge is 0.497 e. The fraction of sp³-hybridized carbons (Fsp3) is 0.200. The maximum absolute atomic E-state index is 13.2. The minimum atomic E-state index is -4.66. The molecule has 5 rings (SSSR count). The van der Waals surface area contributed by atoms with Gasteiger partial charge in [-0.25, -0.2) is 21.8 Å². The highest BCUT2D eigenvalue weighted by Crippen LogP contribution is 2.45. The van der Waals surface area contributed by atoms with E-state index in [1.165, 1.54) is 20.3 Å². The zero-order valence-corrected chi connectivity index (χ0v) is 21.8. The van der Waals surface area contributed by atoms with Crippen LogP contribution in [0.25, 0.3) is 10.2 Å². The van der Waals surface area contributed by atoms with Crippen LogP contribution in [0.1, 0.15) is 0 Å². The van der Waals surface area contributed by atoms with Crippen LogP contribution in [0.3, 0.4) is 0 Å². The summed E-state index contributed by atoms with van der Waals surface area (Å²) in [5, 5.41) is -2.47. The average molecular weight is 569 g/mol. The van der Waals surface area contributed by atoms with Gasteiger partial charge in [0.15, 0.2) is 16.1 Å². The molecule has 0 saturated carbocycles. The highest BCUT2D eigenvalue weighted by atomic mass is 32.2. The van der Waals surface area contributed by atoms with Crippen molar-refractivity contribution in [3.63, 3.8) is 0 Å². The first-order chi connectivity index (χ1) is 17.0. The van der Waals surface area contributed by atoms with Gasteiger partial charge in [-0.05, 0) is 48.2 Å². The maximum Gasteiger partial charge on any atom is 0.274 e. The molecule has 2 aromatic carbocycles. The van der Waals surface area contributed by atoms with E-state index in [1.807, 2.05) is 0 Å². The van der Waals surface area contributed by atoms with Crippen molar-refractivity contribution in [3.05, 3.63) is 36.4 Å². The van der Waals surface area contributed by atoms with Gasteiger partial charge in [-0.3, -0.25) is 19.2 Å². The highest BCUT2D eigenvalue weighted by molar-refractivity contribution is 8.15. The second kappa shape index (κ2) is 8.72. The van der Waals surface area contributed by atoms with Gasteiger partial charge >= 0.3 is 0 Å². The van der Waals surface area contributed by atoms with E-state index in [-0.39, 0.29) is 10.3 Å². The Bertz CT molecular complexity index is 1680. The lowest BCUT2D eigenvalue weighted by Gasteiger charge is -2.25. The molecule has 0 bridgehead atoms. The van der Waals surface area contributed by atoms with Gasteiger partial charge in [0, 0.05) is 4.90 Å². The summed E-state index contributed by atoms with van der Waals surface area (Å²) in [7, 11) is -6.12. The fourth-order valence-electron chi connectivity index (χ4n) is 3.63. The summed E-state index contributed by atoms with van der Waals surface area (Å²) in [5.41, 5.74) is 0.821. The molecular weight excluding hydrogens is 553 g/mol.